The van der Waals surface area contributed by atoms with Crippen molar-refractivity contribution in [2.24, 2.45) is 0 Å². The Kier molecular flexibility index (Phi) is 6.16. The highest BCUT2D eigenvalue weighted by Gasteiger charge is 2.06. The lowest BCUT2D eigenvalue weighted by Crippen LogP contribution is -2.23. The number of methoxy groups -OCH3 is 1. The molecule has 0 heterocycles. The zero-order chi connectivity index (χ0) is 13.5. The van der Waals surface area contributed by atoms with Gasteiger partial charge in [-0.25, -0.2) is 0 Å². The van der Waals surface area contributed by atoms with Crippen LogP contribution in [0.3, 0.4) is 0 Å². The molecule has 0 unspecified atom stereocenters. The normalized spacial score (nSPS) is 11.0. The fourth-order valence-corrected chi connectivity index (χ4v) is 2.28. The van der Waals surface area contributed by atoms with Crippen molar-refractivity contribution in [3.05, 3.63) is 28.8 Å². The van der Waals surface area contributed by atoms with Crippen molar-refractivity contribution in [1.82, 2.24) is 4.90 Å². The second-order valence-electron chi connectivity index (χ2n) is 4.89. The molecule has 0 aromatic heterocycles. The summed E-state index contributed by atoms with van der Waals surface area (Å²) in [7, 11) is 3.82. The number of aliphatic hydroxyl groups is 1. The molecule has 1 rings (SSSR count). The highest BCUT2D eigenvalue weighted by Crippen LogP contribution is 2.24. The Bertz CT molecular complexity index is 354. The Morgan fingerprint density at radius 2 is 1.78 bits per heavy atom. The second-order valence-corrected chi connectivity index (χ2v) is 4.89. The van der Waals surface area contributed by atoms with Crippen LogP contribution in [0.25, 0.3) is 0 Å². The molecule has 0 fully saturated rings. The minimum atomic E-state index is 0.269. The fourth-order valence-electron chi connectivity index (χ4n) is 2.28. The van der Waals surface area contributed by atoms with Gasteiger partial charge in [-0.2, -0.15) is 0 Å². The smallest absolute Gasteiger partial charge is 0.124 e. The first-order valence-corrected chi connectivity index (χ1v) is 6.52. The number of hydrogen-bond donors (Lipinski definition) is 1. The van der Waals surface area contributed by atoms with Crippen molar-refractivity contribution < 1.29 is 9.84 Å². The summed E-state index contributed by atoms with van der Waals surface area (Å²) in [6, 6.07) is 4.40. The van der Waals surface area contributed by atoms with Crippen LogP contribution in [0.5, 0.6) is 5.75 Å². The first-order valence-electron chi connectivity index (χ1n) is 6.52. The Morgan fingerprint density at radius 1 is 1.17 bits per heavy atom. The van der Waals surface area contributed by atoms with E-state index < -0.39 is 0 Å². The van der Waals surface area contributed by atoms with Crippen LogP contribution in [-0.2, 0) is 6.42 Å². The molecule has 0 saturated heterocycles. The number of benzene rings is 1. The van der Waals surface area contributed by atoms with Crippen molar-refractivity contribution >= 4 is 0 Å². The van der Waals surface area contributed by atoms with Gasteiger partial charge in [-0.3, -0.25) is 0 Å². The molecule has 0 atom stereocenters. The van der Waals surface area contributed by atoms with Gasteiger partial charge in [-0.05, 0) is 50.4 Å². The molecule has 0 aliphatic rings. The predicted octanol–water partition coefficient (Wildman–Crippen LogP) is 2.17. The number of aliphatic hydroxyl groups excluding tert-OH is 1. The van der Waals surface area contributed by atoms with Gasteiger partial charge >= 0.3 is 0 Å². The van der Waals surface area contributed by atoms with Gasteiger partial charge in [-0.15, -0.1) is 0 Å². The van der Waals surface area contributed by atoms with E-state index in [1.807, 2.05) is 0 Å². The van der Waals surface area contributed by atoms with Gasteiger partial charge in [0.25, 0.3) is 0 Å². The first-order chi connectivity index (χ1) is 8.58. The lowest BCUT2D eigenvalue weighted by molar-refractivity contribution is 0.248. The van der Waals surface area contributed by atoms with Gasteiger partial charge in [0, 0.05) is 19.7 Å². The molecule has 0 aliphatic carbocycles. The number of hydrogen-bond acceptors (Lipinski definition) is 3. The summed E-state index contributed by atoms with van der Waals surface area (Å²) in [5, 5.41) is 8.79. The Balaban J connectivity index is 2.58. The van der Waals surface area contributed by atoms with E-state index in [1.54, 1.807) is 7.11 Å². The van der Waals surface area contributed by atoms with E-state index >= 15 is 0 Å². The highest BCUT2D eigenvalue weighted by molar-refractivity contribution is 5.43. The largest absolute Gasteiger partial charge is 0.496 e. The van der Waals surface area contributed by atoms with Gasteiger partial charge in [-0.1, -0.05) is 12.1 Å². The van der Waals surface area contributed by atoms with Crippen molar-refractivity contribution in [2.75, 3.05) is 33.9 Å². The number of nitrogens with zero attached hydrogens (tertiary/aromatic N) is 1. The van der Waals surface area contributed by atoms with Crippen LogP contribution in [0.15, 0.2) is 12.1 Å². The van der Waals surface area contributed by atoms with Crippen LogP contribution in [0.2, 0.25) is 0 Å². The highest BCUT2D eigenvalue weighted by atomic mass is 16.5. The minimum Gasteiger partial charge on any atom is -0.496 e. The lowest BCUT2D eigenvalue weighted by Gasteiger charge is -2.17. The van der Waals surface area contributed by atoms with Crippen molar-refractivity contribution in [3.8, 4) is 5.75 Å². The lowest BCUT2D eigenvalue weighted by atomic mass is 10.0. The molecule has 0 saturated carbocycles. The maximum atomic E-state index is 8.79. The van der Waals surface area contributed by atoms with Crippen molar-refractivity contribution in [3.63, 3.8) is 0 Å². The number of ether oxygens (including phenoxy) is 1. The Labute approximate surface area is 110 Å². The summed E-state index contributed by atoms with van der Waals surface area (Å²) in [5.41, 5.74) is 3.75. The molecule has 1 aromatic rings. The van der Waals surface area contributed by atoms with Gasteiger partial charge in [0.2, 0.25) is 0 Å². The quantitative estimate of drug-likeness (QED) is 0.806. The van der Waals surface area contributed by atoms with Gasteiger partial charge in [0.1, 0.15) is 5.75 Å². The molecule has 0 amide bonds. The Morgan fingerprint density at radius 3 is 2.28 bits per heavy atom. The molecule has 3 nitrogen and oxygen atoms in total. The number of rotatable bonds is 7. The predicted molar refractivity (Wildman–Crippen MR) is 75.4 cm³/mol. The van der Waals surface area contributed by atoms with Crippen LogP contribution in [0, 0.1) is 13.8 Å². The maximum Gasteiger partial charge on any atom is 0.124 e. The molecular formula is C15H25NO2. The molecule has 0 radical (unpaired) electrons. The van der Waals surface area contributed by atoms with Crippen LogP contribution in [0.4, 0.5) is 0 Å². The summed E-state index contributed by atoms with van der Waals surface area (Å²) < 4.78 is 5.37. The molecule has 0 bridgehead atoms. The molecule has 0 spiro atoms. The first kappa shape index (κ1) is 15.0. The molecule has 18 heavy (non-hydrogen) atoms. The van der Waals surface area contributed by atoms with E-state index in [4.69, 9.17) is 9.84 Å². The SMILES string of the molecule is COc1c(C)cc(CCN(C)CCCO)cc1C. The zero-order valence-corrected chi connectivity index (χ0v) is 12.0. The number of aryl methyl sites for hydroxylation is 2. The van der Waals surface area contributed by atoms with Crippen molar-refractivity contribution in [2.45, 2.75) is 26.7 Å². The molecule has 0 aliphatic heterocycles. The van der Waals surface area contributed by atoms with E-state index in [9.17, 15) is 0 Å². The molecule has 1 aromatic carbocycles. The minimum absolute atomic E-state index is 0.269. The molecule has 1 N–H and O–H groups in total. The van der Waals surface area contributed by atoms with Gasteiger partial charge in [0.05, 0.1) is 7.11 Å². The van der Waals surface area contributed by atoms with E-state index in [1.165, 1.54) is 16.7 Å². The monoisotopic (exact) mass is 251 g/mol. The van der Waals surface area contributed by atoms with Crippen LogP contribution in [-0.4, -0.2) is 43.9 Å². The van der Waals surface area contributed by atoms with Gasteiger partial charge < -0.3 is 14.7 Å². The fraction of sp³-hybridized carbons (Fsp3) is 0.600. The third-order valence-electron chi connectivity index (χ3n) is 3.20. The maximum absolute atomic E-state index is 8.79. The molecule has 3 heteroatoms. The molecular weight excluding hydrogens is 226 g/mol. The summed E-state index contributed by atoms with van der Waals surface area (Å²) in [6.45, 7) is 6.41. The second kappa shape index (κ2) is 7.39. The Hall–Kier alpha value is -1.06. The third-order valence-corrected chi connectivity index (χ3v) is 3.20. The number of likely N-dealkylation sites (N-methyl/N-ethyl adjacent to an activating group) is 1. The average Bonchev–Trinajstić information content (AvgIpc) is 2.33. The van der Waals surface area contributed by atoms with Crippen LogP contribution < -0.4 is 4.74 Å². The van der Waals surface area contributed by atoms with Crippen LogP contribution in [0.1, 0.15) is 23.1 Å². The van der Waals surface area contributed by atoms with Crippen molar-refractivity contribution in [1.29, 1.82) is 0 Å². The zero-order valence-electron chi connectivity index (χ0n) is 12.0. The molecule has 102 valence electrons. The topological polar surface area (TPSA) is 32.7 Å². The average molecular weight is 251 g/mol. The standard InChI is InChI=1S/C15H25NO2/c1-12-10-14(11-13(2)15(12)18-4)6-8-16(3)7-5-9-17/h10-11,17H,5-9H2,1-4H3. The van der Waals surface area contributed by atoms with Gasteiger partial charge in [0.15, 0.2) is 0 Å². The van der Waals surface area contributed by atoms with Crippen LogP contribution >= 0.6 is 0 Å². The van der Waals surface area contributed by atoms with E-state index in [-0.39, 0.29) is 6.61 Å². The third kappa shape index (κ3) is 4.31. The van der Waals surface area contributed by atoms with E-state index in [2.05, 4.69) is 37.9 Å². The van der Waals surface area contributed by atoms with E-state index in [0.29, 0.717) is 0 Å². The summed E-state index contributed by atoms with van der Waals surface area (Å²) in [4.78, 5) is 2.26. The van der Waals surface area contributed by atoms with E-state index in [0.717, 1.165) is 31.7 Å². The summed E-state index contributed by atoms with van der Waals surface area (Å²) in [5.74, 6) is 0.993. The summed E-state index contributed by atoms with van der Waals surface area (Å²) in [6.07, 6.45) is 1.88. The summed E-state index contributed by atoms with van der Waals surface area (Å²) >= 11 is 0.